The van der Waals surface area contributed by atoms with Gasteiger partial charge in [-0.25, -0.2) is 0 Å². The first kappa shape index (κ1) is 15.4. The predicted molar refractivity (Wildman–Crippen MR) is 83.7 cm³/mol. The summed E-state index contributed by atoms with van der Waals surface area (Å²) in [7, 11) is 0. The Morgan fingerprint density at radius 2 is 1.95 bits per heavy atom. The number of rotatable bonds is 6. The fourth-order valence-corrected chi connectivity index (χ4v) is 3.35. The Hall–Kier alpha value is -1.00. The Bertz CT molecular complexity index is 404. The molecular formula is C16H23NO2S. The molecule has 0 unspecified atom stereocenters. The summed E-state index contributed by atoms with van der Waals surface area (Å²) in [5.74, 6) is 1.09. The molecule has 0 spiro atoms. The van der Waals surface area contributed by atoms with E-state index >= 15 is 0 Å². The molecule has 1 amide bonds. The highest BCUT2D eigenvalue weighted by Gasteiger charge is 2.16. The molecule has 1 atom stereocenters. The number of carbonyl (C=O) groups is 1. The molecule has 0 bridgehead atoms. The molecule has 0 heterocycles. The Morgan fingerprint density at radius 1 is 1.25 bits per heavy atom. The highest BCUT2D eigenvalue weighted by atomic mass is 32.2. The summed E-state index contributed by atoms with van der Waals surface area (Å²) in [6, 6.07) is 9.95. The van der Waals surface area contributed by atoms with Gasteiger partial charge in [-0.2, -0.15) is 0 Å². The molecule has 2 N–H and O–H groups in total. The minimum Gasteiger partial charge on any atom is -0.388 e. The maximum absolute atomic E-state index is 11.8. The lowest BCUT2D eigenvalue weighted by Gasteiger charge is -2.22. The third-order valence-corrected chi connectivity index (χ3v) is 4.68. The standard InChI is InChI=1S/C16H23NO2S/c18-15(13-7-3-1-4-8-13)11-20-12-16(19)17-14-9-5-2-6-10-14/h1,3-4,7-8,14-15,18H,2,5-6,9-12H2,(H,17,19)/t15-/m1/s1. The molecule has 2 rings (SSSR count). The SMILES string of the molecule is O=C(CSC[C@@H](O)c1ccccc1)NC1CCCCC1. The van der Waals surface area contributed by atoms with Crippen LogP contribution in [0.2, 0.25) is 0 Å². The average molecular weight is 293 g/mol. The van der Waals surface area contributed by atoms with Gasteiger partial charge in [0.2, 0.25) is 5.91 Å². The van der Waals surface area contributed by atoms with Gasteiger partial charge in [-0.3, -0.25) is 4.79 Å². The smallest absolute Gasteiger partial charge is 0.230 e. The lowest BCUT2D eigenvalue weighted by molar-refractivity contribution is -0.119. The summed E-state index contributed by atoms with van der Waals surface area (Å²) in [6.07, 6.45) is 5.48. The van der Waals surface area contributed by atoms with Gasteiger partial charge < -0.3 is 10.4 Å². The number of hydrogen-bond acceptors (Lipinski definition) is 3. The Balaban J connectivity index is 1.63. The lowest BCUT2D eigenvalue weighted by atomic mass is 9.95. The van der Waals surface area contributed by atoms with Gasteiger partial charge in [0.05, 0.1) is 11.9 Å². The summed E-state index contributed by atoms with van der Waals surface area (Å²) >= 11 is 1.49. The van der Waals surface area contributed by atoms with Crippen LogP contribution in [-0.4, -0.2) is 28.6 Å². The summed E-state index contributed by atoms with van der Waals surface area (Å²) in [5.41, 5.74) is 0.910. The minimum atomic E-state index is -0.497. The van der Waals surface area contributed by atoms with Crippen LogP contribution in [0.1, 0.15) is 43.8 Å². The second-order valence-electron chi connectivity index (χ2n) is 5.34. The zero-order valence-corrected chi connectivity index (χ0v) is 12.6. The number of carbonyl (C=O) groups excluding carboxylic acids is 1. The normalized spacial score (nSPS) is 17.6. The van der Waals surface area contributed by atoms with Crippen molar-refractivity contribution in [3.8, 4) is 0 Å². The molecule has 1 aromatic carbocycles. The molecule has 110 valence electrons. The van der Waals surface area contributed by atoms with Crippen molar-refractivity contribution in [2.24, 2.45) is 0 Å². The van der Waals surface area contributed by atoms with Gasteiger partial charge in [0, 0.05) is 11.8 Å². The van der Waals surface area contributed by atoms with Crippen molar-refractivity contribution >= 4 is 17.7 Å². The maximum Gasteiger partial charge on any atom is 0.230 e. The molecular weight excluding hydrogens is 270 g/mol. The van der Waals surface area contributed by atoms with Crippen LogP contribution in [0.5, 0.6) is 0 Å². The van der Waals surface area contributed by atoms with Crippen molar-refractivity contribution in [1.82, 2.24) is 5.32 Å². The van der Waals surface area contributed by atoms with E-state index in [2.05, 4.69) is 5.32 Å². The highest BCUT2D eigenvalue weighted by molar-refractivity contribution is 7.99. The second kappa shape index (κ2) is 8.32. The van der Waals surface area contributed by atoms with Gasteiger partial charge in [-0.15, -0.1) is 11.8 Å². The van der Waals surface area contributed by atoms with Crippen molar-refractivity contribution in [3.05, 3.63) is 35.9 Å². The number of benzene rings is 1. The first-order valence-corrected chi connectivity index (χ1v) is 8.51. The van der Waals surface area contributed by atoms with E-state index in [1.54, 1.807) is 0 Å². The molecule has 0 radical (unpaired) electrons. The van der Waals surface area contributed by atoms with E-state index in [4.69, 9.17) is 0 Å². The lowest BCUT2D eigenvalue weighted by Crippen LogP contribution is -2.37. The topological polar surface area (TPSA) is 49.3 Å². The summed E-state index contributed by atoms with van der Waals surface area (Å²) in [6.45, 7) is 0. The van der Waals surface area contributed by atoms with E-state index < -0.39 is 6.10 Å². The van der Waals surface area contributed by atoms with Crippen molar-refractivity contribution in [3.63, 3.8) is 0 Å². The average Bonchev–Trinajstić information content (AvgIpc) is 2.49. The van der Waals surface area contributed by atoms with E-state index in [9.17, 15) is 9.90 Å². The van der Waals surface area contributed by atoms with Crippen LogP contribution in [0.25, 0.3) is 0 Å². The van der Waals surface area contributed by atoms with Crippen molar-refractivity contribution in [1.29, 1.82) is 0 Å². The van der Waals surface area contributed by atoms with Crippen LogP contribution in [0, 0.1) is 0 Å². The molecule has 1 aliphatic rings. The van der Waals surface area contributed by atoms with Crippen LogP contribution in [0.15, 0.2) is 30.3 Å². The van der Waals surface area contributed by atoms with Crippen LogP contribution in [-0.2, 0) is 4.79 Å². The summed E-state index contributed by atoms with van der Waals surface area (Å²) < 4.78 is 0. The molecule has 0 aromatic heterocycles. The minimum absolute atomic E-state index is 0.0992. The second-order valence-corrected chi connectivity index (χ2v) is 6.37. The molecule has 1 saturated carbocycles. The Morgan fingerprint density at radius 3 is 2.65 bits per heavy atom. The molecule has 4 heteroatoms. The highest BCUT2D eigenvalue weighted by Crippen LogP contribution is 2.19. The largest absolute Gasteiger partial charge is 0.388 e. The molecule has 1 fully saturated rings. The first-order chi connectivity index (χ1) is 9.75. The molecule has 0 saturated heterocycles. The summed E-state index contributed by atoms with van der Waals surface area (Å²) in [4.78, 5) is 11.8. The molecule has 1 aliphatic carbocycles. The number of aliphatic hydroxyl groups excluding tert-OH is 1. The van der Waals surface area contributed by atoms with Crippen LogP contribution >= 0.6 is 11.8 Å². The molecule has 0 aliphatic heterocycles. The fourth-order valence-electron chi connectivity index (χ4n) is 2.55. The van der Waals surface area contributed by atoms with E-state index in [1.807, 2.05) is 30.3 Å². The van der Waals surface area contributed by atoms with E-state index in [1.165, 1.54) is 31.0 Å². The first-order valence-electron chi connectivity index (χ1n) is 7.36. The fraction of sp³-hybridized carbons (Fsp3) is 0.562. The Kier molecular flexibility index (Phi) is 6.40. The van der Waals surface area contributed by atoms with Crippen molar-refractivity contribution < 1.29 is 9.90 Å². The van der Waals surface area contributed by atoms with Gasteiger partial charge in [-0.1, -0.05) is 49.6 Å². The Labute approximate surface area is 125 Å². The van der Waals surface area contributed by atoms with E-state index in [0.29, 0.717) is 17.5 Å². The molecule has 3 nitrogen and oxygen atoms in total. The van der Waals surface area contributed by atoms with Gasteiger partial charge in [0.1, 0.15) is 0 Å². The van der Waals surface area contributed by atoms with E-state index in [-0.39, 0.29) is 5.91 Å². The number of aliphatic hydroxyl groups is 1. The predicted octanol–water partition coefficient (Wildman–Crippen LogP) is 2.90. The van der Waals surface area contributed by atoms with Crippen molar-refractivity contribution in [2.75, 3.05) is 11.5 Å². The third kappa shape index (κ3) is 5.17. The maximum atomic E-state index is 11.8. The van der Waals surface area contributed by atoms with Crippen LogP contribution < -0.4 is 5.32 Å². The van der Waals surface area contributed by atoms with Crippen LogP contribution in [0.4, 0.5) is 0 Å². The van der Waals surface area contributed by atoms with E-state index in [0.717, 1.165) is 18.4 Å². The zero-order chi connectivity index (χ0) is 14.2. The molecule has 1 aromatic rings. The van der Waals surface area contributed by atoms with Gasteiger partial charge in [-0.05, 0) is 18.4 Å². The van der Waals surface area contributed by atoms with Crippen LogP contribution in [0.3, 0.4) is 0 Å². The number of thioether (sulfide) groups is 1. The van der Waals surface area contributed by atoms with Gasteiger partial charge in [0.25, 0.3) is 0 Å². The number of amides is 1. The van der Waals surface area contributed by atoms with Crippen molar-refractivity contribution in [2.45, 2.75) is 44.2 Å². The quantitative estimate of drug-likeness (QED) is 0.848. The van der Waals surface area contributed by atoms with Gasteiger partial charge >= 0.3 is 0 Å². The molecule has 20 heavy (non-hydrogen) atoms. The monoisotopic (exact) mass is 293 g/mol. The number of nitrogens with one attached hydrogen (secondary N) is 1. The number of hydrogen-bond donors (Lipinski definition) is 2. The zero-order valence-electron chi connectivity index (χ0n) is 11.8. The summed E-state index contributed by atoms with van der Waals surface area (Å²) in [5, 5.41) is 13.1. The van der Waals surface area contributed by atoms with Gasteiger partial charge in [0.15, 0.2) is 0 Å². The third-order valence-electron chi connectivity index (χ3n) is 3.66.